The van der Waals surface area contributed by atoms with E-state index in [1.807, 2.05) is 30.1 Å². The van der Waals surface area contributed by atoms with Crippen molar-refractivity contribution in [1.82, 2.24) is 10.3 Å². The lowest BCUT2D eigenvalue weighted by Gasteiger charge is -2.44. The predicted octanol–water partition coefficient (Wildman–Crippen LogP) is 2.07. The minimum Gasteiger partial charge on any atom is -0.306 e. The molecule has 1 saturated heterocycles. The SMILES string of the molecule is CC1(C)SCC1NCc1ccccn1. The van der Waals surface area contributed by atoms with Crippen LogP contribution in [0.15, 0.2) is 24.4 Å². The molecule has 0 bridgehead atoms. The monoisotopic (exact) mass is 208 g/mol. The van der Waals surface area contributed by atoms with Crippen molar-refractivity contribution in [3.05, 3.63) is 30.1 Å². The summed E-state index contributed by atoms with van der Waals surface area (Å²) in [5.74, 6) is 1.22. The highest BCUT2D eigenvalue weighted by atomic mass is 32.2. The fourth-order valence-electron chi connectivity index (χ4n) is 1.54. The smallest absolute Gasteiger partial charge is 0.0541 e. The molecule has 0 aromatic carbocycles. The van der Waals surface area contributed by atoms with Crippen LogP contribution in [0.3, 0.4) is 0 Å². The minimum atomic E-state index is 0.398. The van der Waals surface area contributed by atoms with Crippen molar-refractivity contribution < 1.29 is 0 Å². The van der Waals surface area contributed by atoms with Gasteiger partial charge in [-0.25, -0.2) is 0 Å². The Bertz CT molecular complexity index is 297. The van der Waals surface area contributed by atoms with Crippen LogP contribution in [0, 0.1) is 0 Å². The quantitative estimate of drug-likeness (QED) is 0.823. The van der Waals surface area contributed by atoms with E-state index in [0.29, 0.717) is 10.8 Å². The first kappa shape index (κ1) is 9.99. The van der Waals surface area contributed by atoms with Gasteiger partial charge in [0.1, 0.15) is 0 Å². The lowest BCUT2D eigenvalue weighted by atomic mass is 10.0. The molecule has 14 heavy (non-hydrogen) atoms. The highest BCUT2D eigenvalue weighted by Gasteiger charge is 2.38. The van der Waals surface area contributed by atoms with Crippen molar-refractivity contribution in [2.45, 2.75) is 31.2 Å². The number of hydrogen-bond acceptors (Lipinski definition) is 3. The second kappa shape index (κ2) is 3.91. The molecule has 2 nitrogen and oxygen atoms in total. The van der Waals surface area contributed by atoms with Crippen LogP contribution in [0.25, 0.3) is 0 Å². The van der Waals surface area contributed by atoms with E-state index in [2.05, 4.69) is 30.2 Å². The lowest BCUT2D eigenvalue weighted by Crippen LogP contribution is -2.54. The molecule has 0 aliphatic carbocycles. The molecule has 1 aromatic rings. The summed E-state index contributed by atoms with van der Waals surface area (Å²) >= 11 is 2.02. The number of pyridine rings is 1. The Balaban J connectivity index is 1.84. The van der Waals surface area contributed by atoms with Crippen LogP contribution < -0.4 is 5.32 Å². The minimum absolute atomic E-state index is 0.398. The summed E-state index contributed by atoms with van der Waals surface area (Å²) in [5.41, 5.74) is 1.13. The highest BCUT2D eigenvalue weighted by molar-refractivity contribution is 8.02. The largest absolute Gasteiger partial charge is 0.306 e. The molecule has 1 N–H and O–H groups in total. The Labute approximate surface area is 89.5 Å². The van der Waals surface area contributed by atoms with Crippen molar-refractivity contribution in [2.24, 2.45) is 0 Å². The summed E-state index contributed by atoms with van der Waals surface area (Å²) in [6, 6.07) is 6.68. The normalized spacial score (nSPS) is 24.3. The molecule has 0 radical (unpaired) electrons. The second-order valence-electron chi connectivity index (χ2n) is 4.17. The van der Waals surface area contributed by atoms with Gasteiger partial charge in [-0.05, 0) is 26.0 Å². The zero-order valence-corrected chi connectivity index (χ0v) is 9.47. The summed E-state index contributed by atoms with van der Waals surface area (Å²) in [4.78, 5) is 4.29. The molecule has 1 fully saturated rings. The molecule has 1 unspecified atom stereocenters. The summed E-state index contributed by atoms with van der Waals surface area (Å²) in [7, 11) is 0. The lowest BCUT2D eigenvalue weighted by molar-refractivity contribution is 0.433. The van der Waals surface area contributed by atoms with Gasteiger partial charge in [-0.2, -0.15) is 11.8 Å². The van der Waals surface area contributed by atoms with Gasteiger partial charge in [0.05, 0.1) is 5.69 Å². The van der Waals surface area contributed by atoms with E-state index in [0.717, 1.165) is 12.2 Å². The van der Waals surface area contributed by atoms with Crippen LogP contribution in [0.4, 0.5) is 0 Å². The molecule has 3 heteroatoms. The van der Waals surface area contributed by atoms with Crippen LogP contribution in [0.1, 0.15) is 19.5 Å². The zero-order valence-electron chi connectivity index (χ0n) is 8.66. The molecule has 1 aliphatic rings. The van der Waals surface area contributed by atoms with Crippen molar-refractivity contribution >= 4 is 11.8 Å². The molecular formula is C11H16N2S. The number of nitrogens with zero attached hydrogens (tertiary/aromatic N) is 1. The highest BCUT2D eigenvalue weighted by Crippen LogP contribution is 2.39. The third-order valence-electron chi connectivity index (χ3n) is 2.72. The zero-order chi connectivity index (χ0) is 10.0. The topological polar surface area (TPSA) is 24.9 Å². The number of rotatable bonds is 3. The van der Waals surface area contributed by atoms with E-state index in [1.54, 1.807) is 0 Å². The number of thioether (sulfide) groups is 1. The van der Waals surface area contributed by atoms with Crippen LogP contribution >= 0.6 is 11.8 Å². The van der Waals surface area contributed by atoms with E-state index in [1.165, 1.54) is 5.75 Å². The van der Waals surface area contributed by atoms with Crippen molar-refractivity contribution in [3.8, 4) is 0 Å². The maximum Gasteiger partial charge on any atom is 0.0541 e. The van der Waals surface area contributed by atoms with Gasteiger partial charge in [0.15, 0.2) is 0 Å². The first-order valence-electron chi connectivity index (χ1n) is 4.96. The number of aromatic nitrogens is 1. The van der Waals surface area contributed by atoms with Crippen molar-refractivity contribution in [1.29, 1.82) is 0 Å². The first-order valence-corrected chi connectivity index (χ1v) is 5.94. The van der Waals surface area contributed by atoms with E-state index >= 15 is 0 Å². The van der Waals surface area contributed by atoms with Gasteiger partial charge in [-0.15, -0.1) is 0 Å². The van der Waals surface area contributed by atoms with Gasteiger partial charge in [-0.3, -0.25) is 4.98 Å². The predicted molar refractivity (Wildman–Crippen MR) is 61.4 cm³/mol. The van der Waals surface area contributed by atoms with Crippen LogP contribution in [-0.4, -0.2) is 21.5 Å². The van der Waals surface area contributed by atoms with Crippen LogP contribution in [-0.2, 0) is 6.54 Å². The maximum atomic E-state index is 4.29. The van der Waals surface area contributed by atoms with Crippen LogP contribution in [0.2, 0.25) is 0 Å². The third kappa shape index (κ3) is 2.10. The Hall–Kier alpha value is -0.540. The van der Waals surface area contributed by atoms with E-state index < -0.39 is 0 Å². The average Bonchev–Trinajstić information content (AvgIpc) is 2.18. The molecule has 2 rings (SSSR count). The Morgan fingerprint density at radius 1 is 1.57 bits per heavy atom. The van der Waals surface area contributed by atoms with Gasteiger partial charge in [0, 0.05) is 29.3 Å². The average molecular weight is 208 g/mol. The molecule has 0 saturated carbocycles. The summed E-state index contributed by atoms with van der Waals surface area (Å²) in [6.07, 6.45) is 1.84. The fourth-order valence-corrected chi connectivity index (χ4v) is 2.74. The number of hydrogen-bond donors (Lipinski definition) is 1. The standard InChI is InChI=1S/C11H16N2S/c1-11(2)10(8-14-11)13-7-9-5-3-4-6-12-9/h3-6,10,13H,7-8H2,1-2H3. The van der Waals surface area contributed by atoms with E-state index in [-0.39, 0.29) is 0 Å². The van der Waals surface area contributed by atoms with Gasteiger partial charge in [0.25, 0.3) is 0 Å². The Kier molecular flexibility index (Phi) is 2.79. The third-order valence-corrected chi connectivity index (χ3v) is 4.25. The Morgan fingerprint density at radius 3 is 2.93 bits per heavy atom. The summed E-state index contributed by atoms with van der Waals surface area (Å²) < 4.78 is 0.398. The van der Waals surface area contributed by atoms with E-state index in [4.69, 9.17) is 0 Å². The molecule has 0 amide bonds. The van der Waals surface area contributed by atoms with Gasteiger partial charge < -0.3 is 5.32 Å². The molecule has 1 atom stereocenters. The molecule has 2 heterocycles. The molecule has 76 valence electrons. The van der Waals surface area contributed by atoms with Gasteiger partial charge in [-0.1, -0.05) is 6.07 Å². The van der Waals surface area contributed by atoms with Gasteiger partial charge >= 0.3 is 0 Å². The number of nitrogens with one attached hydrogen (secondary N) is 1. The summed E-state index contributed by atoms with van der Waals surface area (Å²) in [5, 5.41) is 3.54. The van der Waals surface area contributed by atoms with Crippen molar-refractivity contribution in [2.75, 3.05) is 5.75 Å². The fraction of sp³-hybridized carbons (Fsp3) is 0.545. The van der Waals surface area contributed by atoms with Gasteiger partial charge in [0.2, 0.25) is 0 Å². The molecule has 0 spiro atoms. The maximum absolute atomic E-state index is 4.29. The Morgan fingerprint density at radius 2 is 2.43 bits per heavy atom. The molecule has 1 aliphatic heterocycles. The first-order chi connectivity index (χ1) is 6.68. The van der Waals surface area contributed by atoms with Crippen LogP contribution in [0.5, 0.6) is 0 Å². The molecular weight excluding hydrogens is 192 g/mol. The van der Waals surface area contributed by atoms with Crippen molar-refractivity contribution in [3.63, 3.8) is 0 Å². The van der Waals surface area contributed by atoms with E-state index in [9.17, 15) is 0 Å². The summed E-state index contributed by atoms with van der Waals surface area (Å²) in [6.45, 7) is 5.46. The second-order valence-corrected chi connectivity index (χ2v) is 5.84. The molecule has 1 aromatic heterocycles.